The van der Waals surface area contributed by atoms with Crippen LogP contribution in [0.15, 0.2) is 29.2 Å². The molecule has 0 N–H and O–H groups in total. The number of piperazine rings is 1. The zero-order valence-electron chi connectivity index (χ0n) is 14.5. The molecule has 140 valence electrons. The minimum atomic E-state index is -3.57. The first-order chi connectivity index (χ1) is 12.5. The molecule has 2 aliphatic rings. The fourth-order valence-electron chi connectivity index (χ4n) is 3.08. The SMILES string of the molecule is N#Cc1ccc(S(=O)(=O)N2CCN(CC(=O)N3CCOCC3)CC2)cc1. The number of hydrogen-bond acceptors (Lipinski definition) is 6. The molecule has 2 aliphatic heterocycles. The molecule has 0 bridgehead atoms. The Morgan fingerprint density at radius 2 is 1.65 bits per heavy atom. The highest BCUT2D eigenvalue weighted by Crippen LogP contribution is 2.18. The highest BCUT2D eigenvalue weighted by atomic mass is 32.2. The molecular formula is C17H22N4O4S. The van der Waals surface area contributed by atoms with Crippen molar-refractivity contribution in [1.82, 2.24) is 14.1 Å². The summed E-state index contributed by atoms with van der Waals surface area (Å²) in [5.74, 6) is 0.0664. The topological polar surface area (TPSA) is 93.9 Å². The summed E-state index contributed by atoms with van der Waals surface area (Å²) in [6, 6.07) is 7.91. The fourth-order valence-corrected chi connectivity index (χ4v) is 4.50. The molecule has 0 spiro atoms. The van der Waals surface area contributed by atoms with Crippen molar-refractivity contribution in [3.8, 4) is 6.07 Å². The van der Waals surface area contributed by atoms with E-state index < -0.39 is 10.0 Å². The van der Waals surface area contributed by atoms with Gasteiger partial charge in [0.25, 0.3) is 0 Å². The van der Waals surface area contributed by atoms with E-state index in [0.717, 1.165) is 0 Å². The highest BCUT2D eigenvalue weighted by Gasteiger charge is 2.29. The number of nitrogens with zero attached hydrogens (tertiary/aromatic N) is 4. The van der Waals surface area contributed by atoms with Crippen LogP contribution < -0.4 is 0 Å². The molecule has 0 saturated carbocycles. The molecule has 3 rings (SSSR count). The van der Waals surface area contributed by atoms with Crippen molar-refractivity contribution >= 4 is 15.9 Å². The van der Waals surface area contributed by atoms with Crippen molar-refractivity contribution in [3.63, 3.8) is 0 Å². The first-order valence-electron chi connectivity index (χ1n) is 8.59. The molecule has 2 saturated heterocycles. The normalized spacial score (nSPS) is 19.9. The summed E-state index contributed by atoms with van der Waals surface area (Å²) >= 11 is 0. The summed E-state index contributed by atoms with van der Waals surface area (Å²) in [6.07, 6.45) is 0. The summed E-state index contributed by atoms with van der Waals surface area (Å²) < 4.78 is 32.1. The Bertz CT molecular complexity index is 774. The molecule has 0 unspecified atom stereocenters. The quantitative estimate of drug-likeness (QED) is 0.716. The van der Waals surface area contributed by atoms with Gasteiger partial charge in [0.2, 0.25) is 15.9 Å². The third kappa shape index (κ3) is 4.22. The Morgan fingerprint density at radius 3 is 2.23 bits per heavy atom. The van der Waals surface area contributed by atoms with E-state index in [-0.39, 0.29) is 10.8 Å². The van der Waals surface area contributed by atoms with Crippen LogP contribution in [0, 0.1) is 11.3 Å². The molecular weight excluding hydrogens is 356 g/mol. The number of carbonyl (C=O) groups excluding carboxylic acids is 1. The standard InChI is InChI=1S/C17H22N4O4S/c18-13-15-1-3-16(4-2-15)26(23,24)21-7-5-19(6-8-21)14-17(22)20-9-11-25-12-10-20/h1-4H,5-12,14H2. The number of hydrogen-bond donors (Lipinski definition) is 0. The largest absolute Gasteiger partial charge is 0.378 e. The Kier molecular flexibility index (Phi) is 5.88. The van der Waals surface area contributed by atoms with Gasteiger partial charge < -0.3 is 9.64 Å². The third-order valence-corrected chi connectivity index (χ3v) is 6.59. The molecule has 0 atom stereocenters. The van der Waals surface area contributed by atoms with Crippen LogP contribution in [0.5, 0.6) is 0 Å². The van der Waals surface area contributed by atoms with Crippen molar-refractivity contribution in [2.75, 3.05) is 59.0 Å². The Morgan fingerprint density at radius 1 is 1.04 bits per heavy atom. The van der Waals surface area contributed by atoms with Gasteiger partial charge in [-0.15, -0.1) is 0 Å². The summed E-state index contributed by atoms with van der Waals surface area (Å²) in [4.78, 5) is 16.3. The second kappa shape index (κ2) is 8.14. The molecule has 1 amide bonds. The van der Waals surface area contributed by atoms with Gasteiger partial charge in [0.15, 0.2) is 0 Å². The summed E-state index contributed by atoms with van der Waals surface area (Å²) in [6.45, 7) is 4.42. The smallest absolute Gasteiger partial charge is 0.243 e. The summed E-state index contributed by atoms with van der Waals surface area (Å²) in [5, 5.41) is 8.82. The lowest BCUT2D eigenvalue weighted by molar-refractivity contribution is -0.136. The average Bonchev–Trinajstić information content (AvgIpc) is 2.69. The third-order valence-electron chi connectivity index (χ3n) is 4.68. The van der Waals surface area contributed by atoms with Gasteiger partial charge in [0, 0.05) is 39.3 Å². The zero-order chi connectivity index (χ0) is 18.6. The van der Waals surface area contributed by atoms with E-state index in [0.29, 0.717) is 64.6 Å². The Labute approximate surface area is 153 Å². The van der Waals surface area contributed by atoms with Gasteiger partial charge >= 0.3 is 0 Å². The molecule has 2 fully saturated rings. The van der Waals surface area contributed by atoms with Crippen LogP contribution in [0.25, 0.3) is 0 Å². The van der Waals surface area contributed by atoms with Crippen molar-refractivity contribution in [2.45, 2.75) is 4.90 Å². The van der Waals surface area contributed by atoms with Crippen LogP contribution in [0.2, 0.25) is 0 Å². The van der Waals surface area contributed by atoms with Crippen molar-refractivity contribution in [3.05, 3.63) is 29.8 Å². The molecule has 9 heteroatoms. The maximum Gasteiger partial charge on any atom is 0.243 e. The van der Waals surface area contributed by atoms with Crippen molar-refractivity contribution < 1.29 is 17.9 Å². The van der Waals surface area contributed by atoms with Crippen LogP contribution in [0.1, 0.15) is 5.56 Å². The zero-order valence-corrected chi connectivity index (χ0v) is 15.3. The van der Waals surface area contributed by atoms with Gasteiger partial charge in [-0.25, -0.2) is 8.42 Å². The van der Waals surface area contributed by atoms with E-state index in [2.05, 4.69) is 0 Å². The van der Waals surface area contributed by atoms with E-state index in [9.17, 15) is 13.2 Å². The first-order valence-corrected chi connectivity index (χ1v) is 10.0. The van der Waals surface area contributed by atoms with E-state index in [4.69, 9.17) is 10.00 Å². The summed E-state index contributed by atoms with van der Waals surface area (Å²) in [7, 11) is -3.57. The number of amides is 1. The van der Waals surface area contributed by atoms with Crippen molar-refractivity contribution in [2.24, 2.45) is 0 Å². The maximum atomic E-state index is 12.7. The minimum Gasteiger partial charge on any atom is -0.378 e. The second-order valence-electron chi connectivity index (χ2n) is 6.31. The van der Waals surface area contributed by atoms with Gasteiger partial charge in [-0.2, -0.15) is 9.57 Å². The number of benzene rings is 1. The number of morpholine rings is 1. The van der Waals surface area contributed by atoms with Crippen molar-refractivity contribution in [1.29, 1.82) is 5.26 Å². The van der Waals surface area contributed by atoms with Crippen LogP contribution >= 0.6 is 0 Å². The average molecular weight is 378 g/mol. The first kappa shape index (κ1) is 18.8. The molecule has 1 aromatic carbocycles. The van der Waals surface area contributed by atoms with Crippen LogP contribution in [0.4, 0.5) is 0 Å². The highest BCUT2D eigenvalue weighted by molar-refractivity contribution is 7.89. The number of ether oxygens (including phenoxy) is 1. The van der Waals surface area contributed by atoms with Gasteiger partial charge in [0.1, 0.15) is 0 Å². The van der Waals surface area contributed by atoms with Crippen LogP contribution in [-0.2, 0) is 19.6 Å². The van der Waals surface area contributed by atoms with E-state index in [1.165, 1.54) is 28.6 Å². The minimum absolute atomic E-state index is 0.0664. The number of sulfonamides is 1. The molecule has 8 nitrogen and oxygen atoms in total. The number of nitriles is 1. The monoisotopic (exact) mass is 378 g/mol. The van der Waals surface area contributed by atoms with Crippen LogP contribution in [0.3, 0.4) is 0 Å². The summed E-state index contributed by atoms with van der Waals surface area (Å²) in [5.41, 5.74) is 0.426. The fraction of sp³-hybridized carbons (Fsp3) is 0.529. The lowest BCUT2D eigenvalue weighted by Gasteiger charge is -2.35. The van der Waals surface area contributed by atoms with Crippen LogP contribution in [-0.4, -0.2) is 87.5 Å². The number of rotatable bonds is 4. The lowest BCUT2D eigenvalue weighted by atomic mass is 10.2. The lowest BCUT2D eigenvalue weighted by Crippen LogP contribution is -2.52. The molecule has 26 heavy (non-hydrogen) atoms. The molecule has 0 radical (unpaired) electrons. The molecule has 1 aromatic rings. The van der Waals surface area contributed by atoms with E-state index in [1.807, 2.05) is 11.0 Å². The number of carbonyl (C=O) groups is 1. The molecule has 0 aliphatic carbocycles. The predicted molar refractivity (Wildman–Crippen MR) is 93.8 cm³/mol. The maximum absolute atomic E-state index is 12.7. The van der Waals surface area contributed by atoms with Gasteiger partial charge in [0.05, 0.1) is 36.3 Å². The van der Waals surface area contributed by atoms with E-state index in [1.54, 1.807) is 4.90 Å². The predicted octanol–water partition coefficient (Wildman–Crippen LogP) is -0.277. The van der Waals surface area contributed by atoms with E-state index >= 15 is 0 Å². The Balaban J connectivity index is 1.55. The van der Waals surface area contributed by atoms with Gasteiger partial charge in [-0.3, -0.25) is 9.69 Å². The van der Waals surface area contributed by atoms with Gasteiger partial charge in [-0.1, -0.05) is 0 Å². The van der Waals surface area contributed by atoms with Gasteiger partial charge in [-0.05, 0) is 24.3 Å². The molecule has 0 aromatic heterocycles. The second-order valence-corrected chi connectivity index (χ2v) is 8.25. The molecule has 2 heterocycles. The Hall–Kier alpha value is -1.99.